The summed E-state index contributed by atoms with van der Waals surface area (Å²) in [5.74, 6) is -1.24. The van der Waals surface area contributed by atoms with Crippen molar-refractivity contribution in [2.75, 3.05) is 5.75 Å². The topological polar surface area (TPSA) is 76.1 Å². The third-order valence-electron chi connectivity index (χ3n) is 5.48. The average Bonchev–Trinajstić information content (AvgIpc) is 2.74. The van der Waals surface area contributed by atoms with E-state index in [-0.39, 0.29) is 28.3 Å². The van der Waals surface area contributed by atoms with Gasteiger partial charge in [-0.05, 0) is 61.9 Å². The van der Waals surface area contributed by atoms with E-state index in [1.54, 1.807) is 0 Å². The number of hydrogen-bond acceptors (Lipinski definition) is 4. The van der Waals surface area contributed by atoms with Crippen LogP contribution in [0, 0.1) is 5.92 Å². The first-order valence-electron chi connectivity index (χ1n) is 10.00. The molecule has 0 spiro atoms. The number of benzene rings is 1. The smallest absolute Gasteiger partial charge is 0.348 e. The minimum absolute atomic E-state index is 0.169. The summed E-state index contributed by atoms with van der Waals surface area (Å²) >= 11 is 0. The van der Waals surface area contributed by atoms with E-state index in [4.69, 9.17) is 0 Å². The summed E-state index contributed by atoms with van der Waals surface area (Å²) in [6, 6.07) is 5.04. The molecule has 0 saturated heterocycles. The van der Waals surface area contributed by atoms with Crippen molar-refractivity contribution in [3.8, 4) is 0 Å². The van der Waals surface area contributed by atoms with Gasteiger partial charge in [-0.25, -0.2) is 8.42 Å². The van der Waals surface area contributed by atoms with E-state index in [0.717, 1.165) is 30.3 Å². The standard InChI is InChI=1S/C21H20F6N2O3S/c22-20(23,24)14-2-1-3-17(10-14)33(31,32)12-13-4-7-16(8-5-13)29-19(30)18-9-6-15(11-28-18)21(25,26)27/h1-3,6,9-11,13,16H,4-5,7-8,12H2,(H,29,30)/t13-,16+. The first-order valence-corrected chi connectivity index (χ1v) is 11.6. The van der Waals surface area contributed by atoms with Crippen LogP contribution in [0.2, 0.25) is 0 Å². The molecule has 1 heterocycles. The van der Waals surface area contributed by atoms with Gasteiger partial charge >= 0.3 is 12.4 Å². The molecule has 0 radical (unpaired) electrons. The quantitative estimate of drug-likeness (QED) is 0.601. The van der Waals surface area contributed by atoms with Crippen LogP contribution in [0.3, 0.4) is 0 Å². The Bertz CT molecular complexity index is 1090. The van der Waals surface area contributed by atoms with Crippen LogP contribution in [-0.2, 0) is 22.2 Å². The fraction of sp³-hybridized carbons (Fsp3) is 0.429. The molecule has 180 valence electrons. The van der Waals surface area contributed by atoms with Crippen molar-refractivity contribution in [2.24, 2.45) is 5.92 Å². The zero-order valence-corrected chi connectivity index (χ0v) is 17.9. The molecule has 1 aromatic heterocycles. The number of pyridine rings is 1. The van der Waals surface area contributed by atoms with Crippen molar-refractivity contribution >= 4 is 15.7 Å². The monoisotopic (exact) mass is 494 g/mol. The molecular weight excluding hydrogens is 474 g/mol. The first kappa shape index (κ1) is 25.0. The molecule has 12 heteroatoms. The molecule has 0 unspecified atom stereocenters. The van der Waals surface area contributed by atoms with Gasteiger partial charge in [-0.15, -0.1) is 0 Å². The molecule has 1 aliphatic rings. The lowest BCUT2D eigenvalue weighted by Gasteiger charge is -2.29. The number of nitrogens with one attached hydrogen (secondary N) is 1. The highest BCUT2D eigenvalue weighted by molar-refractivity contribution is 7.91. The Hall–Kier alpha value is -2.63. The van der Waals surface area contributed by atoms with Gasteiger partial charge in [0.2, 0.25) is 0 Å². The van der Waals surface area contributed by atoms with Gasteiger partial charge in [0.1, 0.15) is 5.69 Å². The summed E-state index contributed by atoms with van der Waals surface area (Å²) in [5.41, 5.74) is -2.18. The zero-order chi connectivity index (χ0) is 24.4. The second kappa shape index (κ2) is 9.32. The average molecular weight is 494 g/mol. The Kier molecular flexibility index (Phi) is 7.06. The van der Waals surface area contributed by atoms with Gasteiger partial charge < -0.3 is 5.32 Å². The third-order valence-corrected chi connectivity index (χ3v) is 7.36. The lowest BCUT2D eigenvalue weighted by molar-refractivity contribution is -0.138. The number of carbonyl (C=O) groups excluding carboxylic acids is 1. The molecule has 0 atom stereocenters. The number of halogens is 6. The van der Waals surface area contributed by atoms with Crippen molar-refractivity contribution in [3.63, 3.8) is 0 Å². The van der Waals surface area contributed by atoms with E-state index in [1.165, 1.54) is 0 Å². The summed E-state index contributed by atoms with van der Waals surface area (Å²) < 4.78 is 102. The normalized spacial score (nSPS) is 19.8. The molecule has 1 aliphatic carbocycles. The summed E-state index contributed by atoms with van der Waals surface area (Å²) in [6.45, 7) is 0. The van der Waals surface area contributed by atoms with Gasteiger partial charge in [0.15, 0.2) is 9.84 Å². The van der Waals surface area contributed by atoms with Crippen LogP contribution in [0.25, 0.3) is 0 Å². The molecule has 1 fully saturated rings. The molecule has 1 saturated carbocycles. The Morgan fingerprint density at radius 3 is 2.12 bits per heavy atom. The van der Waals surface area contributed by atoms with Crippen LogP contribution < -0.4 is 5.32 Å². The van der Waals surface area contributed by atoms with E-state index in [0.29, 0.717) is 37.9 Å². The van der Waals surface area contributed by atoms with E-state index in [2.05, 4.69) is 10.3 Å². The van der Waals surface area contributed by atoms with Crippen molar-refractivity contribution in [1.82, 2.24) is 10.3 Å². The number of aromatic nitrogens is 1. The van der Waals surface area contributed by atoms with Crippen LogP contribution in [0.1, 0.15) is 47.3 Å². The van der Waals surface area contributed by atoms with Gasteiger partial charge in [-0.2, -0.15) is 26.3 Å². The Morgan fingerprint density at radius 2 is 1.58 bits per heavy atom. The van der Waals surface area contributed by atoms with Crippen LogP contribution in [0.5, 0.6) is 0 Å². The van der Waals surface area contributed by atoms with Gasteiger partial charge in [0, 0.05) is 12.2 Å². The molecule has 0 bridgehead atoms. The van der Waals surface area contributed by atoms with Crippen molar-refractivity contribution < 1.29 is 39.6 Å². The molecular formula is C21H20F6N2O3S. The Balaban J connectivity index is 1.55. The maximum Gasteiger partial charge on any atom is 0.417 e. The van der Waals surface area contributed by atoms with Crippen molar-refractivity contribution in [1.29, 1.82) is 0 Å². The van der Waals surface area contributed by atoms with Gasteiger partial charge in [0.25, 0.3) is 5.91 Å². The number of carbonyl (C=O) groups is 1. The number of alkyl halides is 6. The molecule has 0 aliphatic heterocycles. The highest BCUT2D eigenvalue weighted by atomic mass is 32.2. The number of rotatable bonds is 5. The van der Waals surface area contributed by atoms with Gasteiger partial charge in [-0.3, -0.25) is 9.78 Å². The number of nitrogens with zero attached hydrogens (tertiary/aromatic N) is 1. The predicted octanol–water partition coefficient (Wildman–Crippen LogP) is 4.88. The SMILES string of the molecule is O=C(N[C@H]1CC[C@@H](CS(=O)(=O)c2cccc(C(F)(F)F)c2)CC1)c1ccc(C(F)(F)F)cn1. The fourth-order valence-corrected chi connectivity index (χ4v) is 5.44. The molecule has 1 N–H and O–H groups in total. The van der Waals surface area contributed by atoms with Crippen LogP contribution in [0.4, 0.5) is 26.3 Å². The summed E-state index contributed by atoms with van der Waals surface area (Å²) in [4.78, 5) is 15.4. The summed E-state index contributed by atoms with van der Waals surface area (Å²) in [6.07, 6.45) is -6.94. The van der Waals surface area contributed by atoms with Crippen LogP contribution in [0.15, 0.2) is 47.5 Å². The molecule has 3 rings (SSSR count). The second-order valence-electron chi connectivity index (χ2n) is 7.93. The highest BCUT2D eigenvalue weighted by Crippen LogP contribution is 2.32. The molecule has 1 aromatic carbocycles. The zero-order valence-electron chi connectivity index (χ0n) is 17.1. The van der Waals surface area contributed by atoms with Gasteiger partial charge in [-0.1, -0.05) is 6.07 Å². The predicted molar refractivity (Wildman–Crippen MR) is 106 cm³/mol. The highest BCUT2D eigenvalue weighted by Gasteiger charge is 2.33. The largest absolute Gasteiger partial charge is 0.417 e. The van der Waals surface area contributed by atoms with E-state index in [1.807, 2.05) is 0 Å². The van der Waals surface area contributed by atoms with E-state index in [9.17, 15) is 39.6 Å². The summed E-state index contributed by atoms with van der Waals surface area (Å²) in [7, 11) is -3.93. The van der Waals surface area contributed by atoms with E-state index >= 15 is 0 Å². The minimum atomic E-state index is -4.65. The number of amides is 1. The maximum atomic E-state index is 12.9. The lowest BCUT2D eigenvalue weighted by atomic mass is 9.87. The first-order chi connectivity index (χ1) is 15.3. The van der Waals surface area contributed by atoms with Gasteiger partial charge in [0.05, 0.1) is 21.8 Å². The number of hydrogen-bond donors (Lipinski definition) is 1. The number of sulfone groups is 1. The maximum absolute atomic E-state index is 12.9. The fourth-order valence-electron chi connectivity index (χ4n) is 3.70. The molecule has 2 aromatic rings. The Labute approximate surface area is 186 Å². The van der Waals surface area contributed by atoms with E-state index < -0.39 is 39.2 Å². The van der Waals surface area contributed by atoms with Crippen LogP contribution in [-0.4, -0.2) is 31.1 Å². The third kappa shape index (κ3) is 6.46. The lowest BCUT2D eigenvalue weighted by Crippen LogP contribution is -2.38. The molecule has 33 heavy (non-hydrogen) atoms. The summed E-state index contributed by atoms with van der Waals surface area (Å²) in [5, 5.41) is 2.68. The Morgan fingerprint density at radius 1 is 0.939 bits per heavy atom. The second-order valence-corrected chi connectivity index (χ2v) is 9.96. The van der Waals surface area contributed by atoms with Crippen molar-refractivity contribution in [2.45, 2.75) is 49.0 Å². The minimum Gasteiger partial charge on any atom is -0.348 e. The van der Waals surface area contributed by atoms with Crippen LogP contribution >= 0.6 is 0 Å². The van der Waals surface area contributed by atoms with Crippen molar-refractivity contribution in [3.05, 3.63) is 59.4 Å². The molecule has 5 nitrogen and oxygen atoms in total. The molecule has 1 amide bonds.